The Kier molecular flexibility index (Phi) is 5.92. The van der Waals surface area contributed by atoms with Crippen molar-refractivity contribution in [3.05, 3.63) is 59.7 Å². The highest BCUT2D eigenvalue weighted by Gasteiger charge is 2.71. The summed E-state index contributed by atoms with van der Waals surface area (Å²) in [5.74, 6) is -9.60. The summed E-state index contributed by atoms with van der Waals surface area (Å²) in [7, 11) is 0. The van der Waals surface area contributed by atoms with Crippen LogP contribution >= 0.6 is 0 Å². The molecule has 184 valence electrons. The first-order valence-electron chi connectivity index (χ1n) is 11.4. The second-order valence-corrected chi connectivity index (χ2v) is 9.06. The van der Waals surface area contributed by atoms with Crippen LogP contribution in [0, 0.1) is 17.8 Å². The molecule has 4 atom stereocenters. The predicted molar refractivity (Wildman–Crippen MR) is 119 cm³/mol. The third-order valence-electron chi connectivity index (χ3n) is 7.02. The van der Waals surface area contributed by atoms with Gasteiger partial charge < -0.3 is 25.2 Å². The second kappa shape index (κ2) is 8.92. The molecule has 1 aliphatic heterocycles. The molecule has 10 heteroatoms. The second-order valence-electron chi connectivity index (χ2n) is 9.06. The van der Waals surface area contributed by atoms with Crippen molar-refractivity contribution in [2.45, 2.75) is 17.9 Å². The number of benzene rings is 2. The summed E-state index contributed by atoms with van der Waals surface area (Å²) in [6.45, 7) is -0.536. The van der Waals surface area contributed by atoms with Gasteiger partial charge in [0.15, 0.2) is 0 Å². The molecule has 0 bridgehead atoms. The molecule has 3 N–H and O–H groups in total. The number of carbonyl (C=O) groups is 3. The summed E-state index contributed by atoms with van der Waals surface area (Å²) in [6.07, 6.45) is -0.844. The fourth-order valence-electron chi connectivity index (χ4n) is 5.06. The largest absolute Gasteiger partial charge is 0.481 e. The molecular formula is C25H24F2N2O6. The summed E-state index contributed by atoms with van der Waals surface area (Å²) in [4.78, 5) is 35.8. The number of hydrogen-bond acceptors (Lipinski definition) is 5. The highest BCUT2D eigenvalue weighted by molar-refractivity contribution is 5.85. The lowest BCUT2D eigenvalue weighted by Gasteiger charge is -2.15. The summed E-state index contributed by atoms with van der Waals surface area (Å²) in [5, 5.41) is 13.8. The first-order valence-corrected chi connectivity index (χ1v) is 11.4. The molecule has 4 unspecified atom stereocenters. The Balaban J connectivity index is 1.14. The topological polar surface area (TPSA) is 114 Å². The molecule has 2 aliphatic carbocycles. The lowest BCUT2D eigenvalue weighted by Crippen LogP contribution is -2.44. The molecule has 2 aromatic carbocycles. The number of aliphatic carboxylic acids is 1. The van der Waals surface area contributed by atoms with Crippen LogP contribution in [0.5, 0.6) is 0 Å². The van der Waals surface area contributed by atoms with Gasteiger partial charge in [0.25, 0.3) is 5.92 Å². The zero-order chi connectivity index (χ0) is 24.7. The first-order chi connectivity index (χ1) is 16.8. The van der Waals surface area contributed by atoms with Gasteiger partial charge in [-0.05, 0) is 22.3 Å². The van der Waals surface area contributed by atoms with Crippen LogP contribution in [0.4, 0.5) is 13.6 Å². The number of rotatable bonds is 7. The van der Waals surface area contributed by atoms with Crippen LogP contribution in [-0.4, -0.2) is 61.4 Å². The highest BCUT2D eigenvalue weighted by Crippen LogP contribution is 2.55. The number of carboxylic acids is 1. The van der Waals surface area contributed by atoms with E-state index in [1.165, 1.54) is 0 Å². The van der Waals surface area contributed by atoms with Crippen molar-refractivity contribution < 1.29 is 37.7 Å². The van der Waals surface area contributed by atoms with Gasteiger partial charge in [0.1, 0.15) is 18.4 Å². The molecule has 1 saturated heterocycles. The van der Waals surface area contributed by atoms with Gasteiger partial charge in [-0.15, -0.1) is 0 Å². The SMILES string of the molecule is O=C(NCC1C(C(=O)NC2COCC2C(=O)O)C1(F)F)OCC1c2ccccc2-c2ccccc21. The van der Waals surface area contributed by atoms with Crippen LogP contribution in [0.2, 0.25) is 0 Å². The summed E-state index contributed by atoms with van der Waals surface area (Å²) < 4.78 is 38.9. The molecule has 35 heavy (non-hydrogen) atoms. The predicted octanol–water partition coefficient (Wildman–Crippen LogP) is 2.62. The molecule has 2 amide bonds. The standard InChI is InChI=1S/C25H24F2N2O6/c26-25(27)19(21(25)22(30)29-20-12-34-10-18(20)23(31)32)9-28-24(33)35-11-17-15-7-3-1-5-13(15)14-6-2-4-8-16(14)17/h1-8,17-21H,9-12H2,(H,28,33)(H,29,30)(H,31,32). The minimum Gasteiger partial charge on any atom is -0.481 e. The lowest BCUT2D eigenvalue weighted by atomic mass is 9.98. The Morgan fingerprint density at radius 3 is 2.29 bits per heavy atom. The van der Waals surface area contributed by atoms with Crippen molar-refractivity contribution in [2.24, 2.45) is 17.8 Å². The van der Waals surface area contributed by atoms with Crippen LogP contribution in [0.15, 0.2) is 48.5 Å². The number of alkyl halides is 2. The molecule has 0 aromatic heterocycles. The fourth-order valence-corrected chi connectivity index (χ4v) is 5.06. The maximum absolute atomic E-state index is 14.3. The number of fused-ring (bicyclic) bond motifs is 3. The third kappa shape index (κ3) is 4.22. The zero-order valence-electron chi connectivity index (χ0n) is 18.6. The Morgan fingerprint density at radius 2 is 1.66 bits per heavy atom. The molecule has 0 radical (unpaired) electrons. The van der Waals surface area contributed by atoms with E-state index in [1.54, 1.807) is 0 Å². The Bertz CT molecular complexity index is 1130. The van der Waals surface area contributed by atoms with E-state index in [-0.39, 0.29) is 25.7 Å². The number of carboxylic acid groups (broad SMARTS) is 1. The molecule has 5 rings (SSSR count). The molecule has 2 fully saturated rings. The van der Waals surface area contributed by atoms with E-state index in [2.05, 4.69) is 10.6 Å². The van der Waals surface area contributed by atoms with Gasteiger partial charge in [-0.2, -0.15) is 0 Å². The highest BCUT2D eigenvalue weighted by atomic mass is 19.3. The fraction of sp³-hybridized carbons (Fsp3) is 0.400. The number of carbonyl (C=O) groups excluding carboxylic acids is 2. The van der Waals surface area contributed by atoms with E-state index in [0.29, 0.717) is 0 Å². The van der Waals surface area contributed by atoms with Gasteiger partial charge in [-0.3, -0.25) is 9.59 Å². The third-order valence-corrected chi connectivity index (χ3v) is 7.02. The van der Waals surface area contributed by atoms with Gasteiger partial charge in [0, 0.05) is 12.5 Å². The monoisotopic (exact) mass is 486 g/mol. The summed E-state index contributed by atoms with van der Waals surface area (Å²) in [5.41, 5.74) is 4.20. The van der Waals surface area contributed by atoms with Gasteiger partial charge in [0.05, 0.1) is 25.2 Å². The number of alkyl carbamates (subject to hydrolysis) is 1. The van der Waals surface area contributed by atoms with Crippen LogP contribution in [0.25, 0.3) is 11.1 Å². The Labute approximate surface area is 199 Å². The Hall–Kier alpha value is -3.53. The molecule has 0 spiro atoms. The molecule has 8 nitrogen and oxygen atoms in total. The van der Waals surface area contributed by atoms with E-state index >= 15 is 0 Å². The molecule has 1 saturated carbocycles. The number of halogens is 2. The number of ether oxygens (including phenoxy) is 2. The maximum atomic E-state index is 14.3. The summed E-state index contributed by atoms with van der Waals surface area (Å²) in [6, 6.07) is 14.8. The van der Waals surface area contributed by atoms with Crippen LogP contribution in [-0.2, 0) is 19.1 Å². The van der Waals surface area contributed by atoms with E-state index in [0.717, 1.165) is 22.3 Å². The first kappa shape index (κ1) is 23.2. The maximum Gasteiger partial charge on any atom is 0.407 e. The average Bonchev–Trinajstić information content (AvgIpc) is 3.13. The lowest BCUT2D eigenvalue weighted by molar-refractivity contribution is -0.142. The van der Waals surface area contributed by atoms with Crippen molar-refractivity contribution >= 4 is 18.0 Å². The molecule has 3 aliphatic rings. The number of amides is 2. The number of nitrogens with one attached hydrogen (secondary N) is 2. The van der Waals surface area contributed by atoms with Crippen molar-refractivity contribution in [1.29, 1.82) is 0 Å². The quantitative estimate of drug-likeness (QED) is 0.555. The number of hydrogen-bond donors (Lipinski definition) is 3. The van der Waals surface area contributed by atoms with E-state index in [1.807, 2.05) is 48.5 Å². The van der Waals surface area contributed by atoms with Gasteiger partial charge in [0.2, 0.25) is 5.91 Å². The van der Waals surface area contributed by atoms with Crippen LogP contribution in [0.1, 0.15) is 17.0 Å². The normalized spacial score (nSPS) is 25.9. The van der Waals surface area contributed by atoms with E-state index in [4.69, 9.17) is 14.6 Å². The molecule has 1 heterocycles. The van der Waals surface area contributed by atoms with Gasteiger partial charge in [-0.1, -0.05) is 48.5 Å². The van der Waals surface area contributed by atoms with Crippen LogP contribution in [0.3, 0.4) is 0 Å². The Morgan fingerprint density at radius 1 is 1.03 bits per heavy atom. The van der Waals surface area contributed by atoms with E-state index in [9.17, 15) is 23.2 Å². The van der Waals surface area contributed by atoms with Crippen molar-refractivity contribution in [3.8, 4) is 11.1 Å². The minimum atomic E-state index is -3.31. The van der Waals surface area contributed by atoms with Crippen molar-refractivity contribution in [1.82, 2.24) is 10.6 Å². The zero-order valence-corrected chi connectivity index (χ0v) is 18.6. The molecular weight excluding hydrogens is 462 g/mol. The van der Waals surface area contributed by atoms with Gasteiger partial charge in [-0.25, -0.2) is 13.6 Å². The minimum absolute atomic E-state index is 0.0447. The average molecular weight is 486 g/mol. The van der Waals surface area contributed by atoms with E-state index < -0.39 is 54.2 Å². The van der Waals surface area contributed by atoms with Crippen molar-refractivity contribution in [2.75, 3.05) is 26.4 Å². The van der Waals surface area contributed by atoms with Gasteiger partial charge >= 0.3 is 12.1 Å². The smallest absolute Gasteiger partial charge is 0.407 e. The molecule has 2 aromatic rings. The van der Waals surface area contributed by atoms with Crippen LogP contribution < -0.4 is 10.6 Å². The summed E-state index contributed by atoms with van der Waals surface area (Å²) >= 11 is 0. The van der Waals surface area contributed by atoms with Crippen molar-refractivity contribution in [3.63, 3.8) is 0 Å².